The van der Waals surface area contributed by atoms with Gasteiger partial charge in [0.05, 0.1) is 18.3 Å². The van der Waals surface area contributed by atoms with Crippen LogP contribution < -0.4 is 11.1 Å². The molecule has 0 fully saturated rings. The Labute approximate surface area is 113 Å². The second-order valence-electron chi connectivity index (χ2n) is 4.80. The number of amides is 1. The van der Waals surface area contributed by atoms with Gasteiger partial charge in [0.15, 0.2) is 0 Å². The molecule has 1 amide bonds. The molecule has 1 unspecified atom stereocenters. The molecule has 1 aromatic heterocycles. The fourth-order valence-corrected chi connectivity index (χ4v) is 1.92. The van der Waals surface area contributed by atoms with Crippen molar-refractivity contribution in [2.75, 3.05) is 26.1 Å². The summed E-state index contributed by atoms with van der Waals surface area (Å²) in [6.45, 7) is 4.33. The van der Waals surface area contributed by atoms with Crippen LogP contribution in [0.2, 0.25) is 0 Å². The van der Waals surface area contributed by atoms with Crippen molar-refractivity contribution in [1.82, 2.24) is 9.88 Å². The standard InChI is InChI=1S/C13H23N3O3/c1-9(2)16-7-10(14)6-12(16)13(18)15-11(4-5-17)8-19-3/h6-7,9,11,17H,4-5,8,14H2,1-3H3,(H,15,18). The number of nitrogens with zero attached hydrogens (tertiary/aromatic N) is 1. The van der Waals surface area contributed by atoms with E-state index in [1.807, 2.05) is 18.4 Å². The van der Waals surface area contributed by atoms with Gasteiger partial charge in [-0.05, 0) is 26.3 Å². The number of hydrogen-bond donors (Lipinski definition) is 3. The molecule has 108 valence electrons. The molecule has 0 aliphatic heterocycles. The van der Waals surface area contributed by atoms with E-state index in [4.69, 9.17) is 15.6 Å². The highest BCUT2D eigenvalue weighted by atomic mass is 16.5. The Kier molecular flexibility index (Phi) is 5.85. The maximum Gasteiger partial charge on any atom is 0.268 e. The van der Waals surface area contributed by atoms with Crippen molar-refractivity contribution >= 4 is 11.6 Å². The van der Waals surface area contributed by atoms with Gasteiger partial charge in [0, 0.05) is 26.0 Å². The number of ether oxygens (including phenoxy) is 1. The minimum absolute atomic E-state index is 0.00163. The quantitative estimate of drug-likeness (QED) is 0.682. The van der Waals surface area contributed by atoms with E-state index in [1.165, 1.54) is 0 Å². The summed E-state index contributed by atoms with van der Waals surface area (Å²) >= 11 is 0. The summed E-state index contributed by atoms with van der Waals surface area (Å²) < 4.78 is 6.85. The molecule has 19 heavy (non-hydrogen) atoms. The summed E-state index contributed by atoms with van der Waals surface area (Å²) in [5.74, 6) is -0.207. The monoisotopic (exact) mass is 269 g/mol. The lowest BCUT2D eigenvalue weighted by Gasteiger charge is -2.18. The first-order valence-corrected chi connectivity index (χ1v) is 6.37. The van der Waals surface area contributed by atoms with Crippen LogP contribution in [0.3, 0.4) is 0 Å². The van der Waals surface area contributed by atoms with Gasteiger partial charge in [0.2, 0.25) is 0 Å². The van der Waals surface area contributed by atoms with Gasteiger partial charge in [-0.25, -0.2) is 0 Å². The molecule has 1 atom stereocenters. The van der Waals surface area contributed by atoms with E-state index < -0.39 is 0 Å². The Bertz CT molecular complexity index is 409. The molecule has 0 spiro atoms. The van der Waals surface area contributed by atoms with E-state index in [-0.39, 0.29) is 24.6 Å². The number of nitrogen functional groups attached to an aromatic ring is 1. The summed E-state index contributed by atoms with van der Waals surface area (Å²) in [6, 6.07) is 1.59. The highest BCUT2D eigenvalue weighted by molar-refractivity contribution is 5.94. The number of carbonyl (C=O) groups excluding carboxylic acids is 1. The first kappa shape index (κ1) is 15.5. The van der Waals surface area contributed by atoms with Crippen LogP contribution >= 0.6 is 0 Å². The van der Waals surface area contributed by atoms with Gasteiger partial charge in [-0.2, -0.15) is 0 Å². The smallest absolute Gasteiger partial charge is 0.268 e. The molecule has 0 aliphatic carbocycles. The molecule has 0 aliphatic rings. The number of aliphatic hydroxyl groups excluding tert-OH is 1. The first-order chi connectivity index (χ1) is 8.99. The molecule has 0 radical (unpaired) electrons. The molecule has 0 saturated heterocycles. The summed E-state index contributed by atoms with van der Waals surface area (Å²) in [5.41, 5.74) is 6.82. The summed E-state index contributed by atoms with van der Waals surface area (Å²) in [4.78, 5) is 12.2. The third-order valence-corrected chi connectivity index (χ3v) is 2.84. The van der Waals surface area contributed by atoms with Crippen molar-refractivity contribution < 1.29 is 14.6 Å². The van der Waals surface area contributed by atoms with Gasteiger partial charge in [0.1, 0.15) is 5.69 Å². The van der Waals surface area contributed by atoms with Gasteiger partial charge < -0.3 is 25.5 Å². The summed E-state index contributed by atoms with van der Waals surface area (Å²) in [6.07, 6.45) is 2.20. The highest BCUT2D eigenvalue weighted by Crippen LogP contribution is 2.16. The predicted octanol–water partition coefficient (Wildman–Crippen LogP) is 0.778. The molecule has 1 rings (SSSR count). The van der Waals surface area contributed by atoms with Crippen LogP contribution in [0.4, 0.5) is 5.69 Å². The fourth-order valence-electron chi connectivity index (χ4n) is 1.92. The zero-order chi connectivity index (χ0) is 14.4. The number of nitrogens with two attached hydrogens (primary N) is 1. The van der Waals surface area contributed by atoms with Crippen molar-refractivity contribution in [3.05, 3.63) is 18.0 Å². The Morgan fingerprint density at radius 3 is 2.79 bits per heavy atom. The van der Waals surface area contributed by atoms with E-state index in [0.29, 0.717) is 24.4 Å². The molecule has 6 heteroatoms. The lowest BCUT2D eigenvalue weighted by Crippen LogP contribution is -2.39. The summed E-state index contributed by atoms with van der Waals surface area (Å²) in [7, 11) is 1.56. The van der Waals surface area contributed by atoms with E-state index >= 15 is 0 Å². The SMILES string of the molecule is COCC(CCO)NC(=O)c1cc(N)cn1C(C)C. The minimum Gasteiger partial charge on any atom is -0.397 e. The van der Waals surface area contributed by atoms with E-state index in [1.54, 1.807) is 19.4 Å². The first-order valence-electron chi connectivity index (χ1n) is 6.37. The molecule has 0 bridgehead atoms. The van der Waals surface area contributed by atoms with Crippen molar-refractivity contribution in [3.8, 4) is 0 Å². The summed E-state index contributed by atoms with van der Waals surface area (Å²) in [5, 5.41) is 11.8. The molecular weight excluding hydrogens is 246 g/mol. The predicted molar refractivity (Wildman–Crippen MR) is 74.1 cm³/mol. The van der Waals surface area contributed by atoms with Crippen LogP contribution in [0.15, 0.2) is 12.3 Å². The van der Waals surface area contributed by atoms with Crippen LogP contribution in [-0.2, 0) is 4.74 Å². The van der Waals surface area contributed by atoms with Crippen LogP contribution in [0.25, 0.3) is 0 Å². The van der Waals surface area contributed by atoms with Crippen LogP contribution in [0.1, 0.15) is 36.8 Å². The third kappa shape index (κ3) is 4.25. The number of anilines is 1. The fraction of sp³-hybridized carbons (Fsp3) is 0.615. The van der Waals surface area contributed by atoms with Crippen molar-refractivity contribution in [3.63, 3.8) is 0 Å². The van der Waals surface area contributed by atoms with Crippen LogP contribution in [-0.4, -0.2) is 41.9 Å². The molecule has 4 N–H and O–H groups in total. The topological polar surface area (TPSA) is 89.5 Å². The molecular formula is C13H23N3O3. The number of carbonyl (C=O) groups is 1. The van der Waals surface area contributed by atoms with Gasteiger partial charge >= 0.3 is 0 Å². The zero-order valence-electron chi connectivity index (χ0n) is 11.7. The second-order valence-corrected chi connectivity index (χ2v) is 4.80. The molecule has 1 heterocycles. The van der Waals surface area contributed by atoms with Gasteiger partial charge in [-0.15, -0.1) is 0 Å². The maximum absolute atomic E-state index is 12.2. The minimum atomic E-state index is -0.209. The maximum atomic E-state index is 12.2. The lowest BCUT2D eigenvalue weighted by atomic mass is 10.2. The van der Waals surface area contributed by atoms with Crippen molar-refractivity contribution in [2.24, 2.45) is 0 Å². The van der Waals surface area contributed by atoms with Crippen molar-refractivity contribution in [2.45, 2.75) is 32.4 Å². The zero-order valence-corrected chi connectivity index (χ0v) is 11.7. The number of hydrogen-bond acceptors (Lipinski definition) is 4. The van der Waals surface area contributed by atoms with E-state index in [9.17, 15) is 4.79 Å². The molecule has 0 saturated carbocycles. The number of aliphatic hydroxyl groups is 1. The van der Waals surface area contributed by atoms with Crippen LogP contribution in [0, 0.1) is 0 Å². The second kappa shape index (κ2) is 7.16. The van der Waals surface area contributed by atoms with Crippen molar-refractivity contribution in [1.29, 1.82) is 0 Å². The van der Waals surface area contributed by atoms with Gasteiger partial charge in [-0.1, -0.05) is 0 Å². The number of nitrogens with one attached hydrogen (secondary N) is 1. The number of methoxy groups -OCH3 is 1. The molecule has 6 nitrogen and oxygen atoms in total. The average Bonchev–Trinajstić information content (AvgIpc) is 2.72. The normalized spacial score (nSPS) is 12.7. The van der Waals surface area contributed by atoms with E-state index in [0.717, 1.165) is 0 Å². The molecule has 1 aromatic rings. The third-order valence-electron chi connectivity index (χ3n) is 2.84. The Morgan fingerprint density at radius 1 is 1.58 bits per heavy atom. The highest BCUT2D eigenvalue weighted by Gasteiger charge is 2.18. The van der Waals surface area contributed by atoms with E-state index in [2.05, 4.69) is 5.32 Å². The Hall–Kier alpha value is -1.53. The average molecular weight is 269 g/mol. The van der Waals surface area contributed by atoms with Gasteiger partial charge in [0.25, 0.3) is 5.91 Å². The van der Waals surface area contributed by atoms with Gasteiger partial charge in [-0.3, -0.25) is 4.79 Å². The lowest BCUT2D eigenvalue weighted by molar-refractivity contribution is 0.0868. The Morgan fingerprint density at radius 2 is 2.26 bits per heavy atom. The van der Waals surface area contributed by atoms with Crippen LogP contribution in [0.5, 0.6) is 0 Å². The number of aromatic nitrogens is 1. The largest absolute Gasteiger partial charge is 0.397 e. The Balaban J connectivity index is 2.81. The molecule has 0 aromatic carbocycles. The number of rotatable bonds is 7.